The van der Waals surface area contributed by atoms with Gasteiger partial charge in [-0.1, -0.05) is 0 Å². The van der Waals surface area contributed by atoms with Crippen LogP contribution in [0.1, 0.15) is 15.9 Å². The van der Waals surface area contributed by atoms with Gasteiger partial charge in [0.25, 0.3) is 0 Å². The first-order valence-electron chi connectivity index (χ1n) is 5.09. The molecule has 1 aromatic carbocycles. The first-order chi connectivity index (χ1) is 8.47. The predicted molar refractivity (Wildman–Crippen MR) is 62.8 cm³/mol. The second kappa shape index (κ2) is 4.14. The van der Waals surface area contributed by atoms with Crippen LogP contribution in [0.25, 0.3) is 10.9 Å². The van der Waals surface area contributed by atoms with E-state index in [0.29, 0.717) is 0 Å². The number of hydrogen-bond donors (Lipinski definition) is 2. The highest BCUT2D eigenvalue weighted by atomic mass is 19.1. The van der Waals surface area contributed by atoms with Gasteiger partial charge >= 0.3 is 5.97 Å². The maximum absolute atomic E-state index is 13.6. The Hall–Kier alpha value is -2.37. The first-order valence-corrected chi connectivity index (χ1v) is 5.09. The molecule has 0 fully saturated rings. The number of carboxylic acid groups (broad SMARTS) is 1. The third kappa shape index (κ3) is 1.62. The molecule has 0 radical (unpaired) electrons. The van der Waals surface area contributed by atoms with Crippen molar-refractivity contribution in [1.82, 2.24) is 4.98 Å². The molecule has 5 nitrogen and oxygen atoms in total. The Morgan fingerprint density at radius 1 is 1.50 bits per heavy atom. The summed E-state index contributed by atoms with van der Waals surface area (Å²) < 4.78 is 18.7. The Morgan fingerprint density at radius 2 is 2.17 bits per heavy atom. The van der Waals surface area contributed by atoms with Gasteiger partial charge in [-0.05, 0) is 13.0 Å². The van der Waals surface area contributed by atoms with E-state index in [1.54, 1.807) is 0 Å². The lowest BCUT2D eigenvalue weighted by Crippen LogP contribution is -2.16. The van der Waals surface area contributed by atoms with Gasteiger partial charge in [0.1, 0.15) is 17.1 Å². The van der Waals surface area contributed by atoms with Crippen LogP contribution in [-0.4, -0.2) is 23.2 Å². The Bertz CT molecular complexity index is 705. The van der Waals surface area contributed by atoms with Gasteiger partial charge in [0, 0.05) is 11.8 Å². The number of fused-ring (bicyclic) bond motifs is 1. The zero-order chi connectivity index (χ0) is 13.4. The molecule has 2 N–H and O–H groups in total. The van der Waals surface area contributed by atoms with Crippen LogP contribution in [0.5, 0.6) is 5.75 Å². The Balaban J connectivity index is 2.97. The van der Waals surface area contributed by atoms with Crippen LogP contribution in [0.15, 0.2) is 17.1 Å². The molecule has 0 aliphatic carbocycles. The number of hydrogen-bond acceptors (Lipinski definition) is 3. The molecule has 0 bridgehead atoms. The zero-order valence-electron chi connectivity index (χ0n) is 9.70. The molecule has 0 saturated heterocycles. The van der Waals surface area contributed by atoms with E-state index >= 15 is 0 Å². The predicted octanol–water partition coefficient (Wildman–Crippen LogP) is 1.68. The monoisotopic (exact) mass is 251 g/mol. The molecule has 0 unspecified atom stereocenters. The fourth-order valence-corrected chi connectivity index (χ4v) is 1.82. The molecule has 18 heavy (non-hydrogen) atoms. The van der Waals surface area contributed by atoms with Gasteiger partial charge < -0.3 is 14.8 Å². The van der Waals surface area contributed by atoms with Crippen molar-refractivity contribution in [1.29, 1.82) is 0 Å². The minimum absolute atomic E-state index is 0.0464. The smallest absolute Gasteiger partial charge is 0.341 e. The molecule has 0 spiro atoms. The summed E-state index contributed by atoms with van der Waals surface area (Å²) in [6.07, 6.45) is 1.08. The molecule has 2 aromatic rings. The number of nitrogens with one attached hydrogen (secondary N) is 1. The van der Waals surface area contributed by atoms with E-state index in [0.717, 1.165) is 12.3 Å². The van der Waals surface area contributed by atoms with E-state index in [9.17, 15) is 14.0 Å². The van der Waals surface area contributed by atoms with Crippen molar-refractivity contribution in [3.63, 3.8) is 0 Å². The maximum atomic E-state index is 13.6. The average Bonchev–Trinajstić information content (AvgIpc) is 2.32. The Labute approximate surface area is 101 Å². The van der Waals surface area contributed by atoms with Gasteiger partial charge in [-0.25, -0.2) is 9.18 Å². The highest BCUT2D eigenvalue weighted by molar-refractivity contribution is 5.94. The lowest BCUT2D eigenvalue weighted by Gasteiger charge is -2.09. The molecule has 0 atom stereocenters. The second-order valence-electron chi connectivity index (χ2n) is 3.78. The molecule has 1 aromatic heterocycles. The third-order valence-electron chi connectivity index (χ3n) is 2.75. The van der Waals surface area contributed by atoms with Gasteiger partial charge in [0.05, 0.1) is 18.0 Å². The number of rotatable bonds is 2. The number of halogens is 1. The number of carboxylic acids is 1. The lowest BCUT2D eigenvalue weighted by molar-refractivity contribution is 0.0695. The van der Waals surface area contributed by atoms with Crippen molar-refractivity contribution >= 4 is 16.9 Å². The lowest BCUT2D eigenvalue weighted by atomic mass is 10.1. The molecule has 2 rings (SSSR count). The van der Waals surface area contributed by atoms with Crippen molar-refractivity contribution in [3.8, 4) is 5.75 Å². The third-order valence-corrected chi connectivity index (χ3v) is 2.75. The number of aromatic nitrogens is 1. The fourth-order valence-electron chi connectivity index (χ4n) is 1.82. The Kier molecular flexibility index (Phi) is 2.78. The number of methoxy groups -OCH3 is 1. The number of aromatic amines is 1. The van der Waals surface area contributed by atoms with E-state index in [-0.39, 0.29) is 22.2 Å². The van der Waals surface area contributed by atoms with Crippen LogP contribution in [-0.2, 0) is 0 Å². The van der Waals surface area contributed by atoms with Crippen molar-refractivity contribution in [2.75, 3.05) is 7.11 Å². The molecule has 0 saturated carbocycles. The van der Waals surface area contributed by atoms with Gasteiger partial charge in [0.15, 0.2) is 0 Å². The van der Waals surface area contributed by atoms with Crippen LogP contribution in [0.3, 0.4) is 0 Å². The molecule has 94 valence electrons. The summed E-state index contributed by atoms with van der Waals surface area (Å²) in [5.41, 5.74) is -0.642. The van der Waals surface area contributed by atoms with Gasteiger partial charge in [-0.15, -0.1) is 0 Å². The zero-order valence-corrected chi connectivity index (χ0v) is 9.70. The molecule has 1 heterocycles. The number of benzene rings is 1. The minimum atomic E-state index is -1.36. The number of aromatic carboxylic acids is 1. The molecular formula is C12H10FNO4. The van der Waals surface area contributed by atoms with Crippen molar-refractivity contribution in [3.05, 3.63) is 39.4 Å². The summed E-state index contributed by atoms with van der Waals surface area (Å²) in [7, 11) is 1.35. The van der Waals surface area contributed by atoms with Gasteiger partial charge in [0.2, 0.25) is 5.43 Å². The van der Waals surface area contributed by atoms with E-state index in [1.807, 2.05) is 0 Å². The second-order valence-corrected chi connectivity index (χ2v) is 3.78. The summed E-state index contributed by atoms with van der Waals surface area (Å²) >= 11 is 0. The SMILES string of the molecule is COc1c(C)c(F)cc2c(=O)c(C(=O)O)c[nH]c12. The highest BCUT2D eigenvalue weighted by Crippen LogP contribution is 2.28. The largest absolute Gasteiger partial charge is 0.494 e. The van der Waals surface area contributed by atoms with Crippen LogP contribution < -0.4 is 10.2 Å². The minimum Gasteiger partial charge on any atom is -0.494 e. The van der Waals surface area contributed by atoms with Crippen LogP contribution in [0.4, 0.5) is 4.39 Å². The topological polar surface area (TPSA) is 79.4 Å². The van der Waals surface area contributed by atoms with Crippen LogP contribution in [0.2, 0.25) is 0 Å². The quantitative estimate of drug-likeness (QED) is 0.851. The van der Waals surface area contributed by atoms with Crippen molar-refractivity contribution in [2.24, 2.45) is 0 Å². The standard InChI is InChI=1S/C12H10FNO4/c1-5-8(13)3-6-9(11(5)18-2)14-4-7(10(6)15)12(16)17/h3-4H,1-2H3,(H,14,15)(H,16,17). The highest BCUT2D eigenvalue weighted by Gasteiger charge is 2.17. The number of ether oxygens (including phenoxy) is 1. The average molecular weight is 251 g/mol. The van der Waals surface area contributed by atoms with Gasteiger partial charge in [-0.2, -0.15) is 0 Å². The van der Waals surface area contributed by atoms with Crippen molar-refractivity contribution < 1.29 is 19.0 Å². The van der Waals surface area contributed by atoms with E-state index in [2.05, 4.69) is 4.98 Å². The van der Waals surface area contributed by atoms with E-state index in [4.69, 9.17) is 9.84 Å². The van der Waals surface area contributed by atoms with Crippen molar-refractivity contribution in [2.45, 2.75) is 6.92 Å². The molecule has 0 aliphatic heterocycles. The summed E-state index contributed by atoms with van der Waals surface area (Å²) in [5.74, 6) is -1.79. The molecule has 0 amide bonds. The molecule has 6 heteroatoms. The van der Waals surface area contributed by atoms with E-state index < -0.39 is 22.8 Å². The number of H-pyrrole nitrogens is 1. The van der Waals surface area contributed by atoms with Crippen LogP contribution >= 0.6 is 0 Å². The van der Waals surface area contributed by atoms with Crippen LogP contribution in [0, 0.1) is 12.7 Å². The summed E-state index contributed by atoms with van der Waals surface area (Å²) in [6.45, 7) is 1.51. The molecular weight excluding hydrogens is 241 g/mol. The van der Waals surface area contributed by atoms with E-state index in [1.165, 1.54) is 14.0 Å². The summed E-state index contributed by atoms with van der Waals surface area (Å²) in [5, 5.41) is 8.78. The van der Waals surface area contributed by atoms with Gasteiger partial charge in [-0.3, -0.25) is 4.79 Å². The summed E-state index contributed by atoms with van der Waals surface area (Å²) in [4.78, 5) is 25.4. The Morgan fingerprint density at radius 3 is 2.72 bits per heavy atom. The molecule has 0 aliphatic rings. The first kappa shape index (κ1) is 12.1. The number of pyridine rings is 1. The number of carbonyl (C=O) groups is 1. The fraction of sp³-hybridized carbons (Fsp3) is 0.167. The maximum Gasteiger partial charge on any atom is 0.341 e. The summed E-state index contributed by atoms with van der Waals surface area (Å²) in [6, 6.07) is 1.01. The normalized spacial score (nSPS) is 10.6.